The minimum absolute atomic E-state index is 0.109. The Morgan fingerprint density at radius 1 is 1.21 bits per heavy atom. The van der Waals surface area contributed by atoms with E-state index >= 15 is 0 Å². The fourth-order valence-corrected chi connectivity index (χ4v) is 4.65. The summed E-state index contributed by atoms with van der Waals surface area (Å²) in [7, 11) is 1.91. The van der Waals surface area contributed by atoms with Crippen LogP contribution >= 0.6 is 0 Å². The second-order valence-corrected chi connectivity index (χ2v) is 9.88. The Hall–Kier alpha value is -3.82. The molecule has 1 aliphatic rings. The summed E-state index contributed by atoms with van der Waals surface area (Å²) in [6.45, 7) is 4.86. The quantitative estimate of drug-likeness (QED) is 0.463. The Morgan fingerprint density at radius 3 is 2.68 bits per heavy atom. The van der Waals surface area contributed by atoms with Crippen molar-refractivity contribution >= 4 is 11.9 Å². The number of nitrogens with zero attached hydrogens (tertiary/aromatic N) is 3. The van der Waals surface area contributed by atoms with Crippen molar-refractivity contribution in [3.63, 3.8) is 0 Å². The first-order chi connectivity index (χ1) is 18.2. The number of aromatic nitrogens is 1. The van der Waals surface area contributed by atoms with Gasteiger partial charge in [0.15, 0.2) is 0 Å². The smallest absolute Gasteiger partial charge is 0.335 e. The third kappa shape index (κ3) is 6.00. The van der Waals surface area contributed by atoms with Crippen molar-refractivity contribution in [3.05, 3.63) is 83.3 Å². The van der Waals surface area contributed by atoms with E-state index in [9.17, 15) is 24.2 Å². The summed E-state index contributed by atoms with van der Waals surface area (Å²) in [5, 5.41) is 19.2. The van der Waals surface area contributed by atoms with Gasteiger partial charge in [0.2, 0.25) is 5.88 Å². The normalized spacial score (nSPS) is 18.4. The largest absolute Gasteiger partial charge is 0.478 e. The van der Waals surface area contributed by atoms with Crippen LogP contribution in [0.15, 0.2) is 60.8 Å². The number of likely N-dealkylation sites (N-methyl/N-ethyl adjacent to an activating group) is 1. The van der Waals surface area contributed by atoms with Gasteiger partial charge in [-0.3, -0.25) is 9.69 Å². The first-order valence-corrected chi connectivity index (χ1v) is 12.5. The number of aliphatic hydroxyl groups is 1. The summed E-state index contributed by atoms with van der Waals surface area (Å²) in [5.41, 5.74) is 2.07. The number of halogens is 1. The van der Waals surface area contributed by atoms with Crippen LogP contribution in [-0.4, -0.2) is 75.8 Å². The summed E-state index contributed by atoms with van der Waals surface area (Å²) >= 11 is 0. The standard InChI is InChI=1S/C29H32FN3O5/c1-18-14-33(19(2)17-34)28(35)24-12-22(23-9-4-5-10-25(23)30)13-31-27(24)38-26(18)16-32(3)15-20-7-6-8-21(11-20)29(36)37/h4-13,18-19,26,34H,14-17H2,1-3H3,(H,36,37)/t18-,19-,26+/m0/s1. The number of hydrogen-bond acceptors (Lipinski definition) is 6. The van der Waals surface area contributed by atoms with Gasteiger partial charge >= 0.3 is 5.97 Å². The van der Waals surface area contributed by atoms with Gasteiger partial charge in [-0.15, -0.1) is 0 Å². The number of carbonyl (C=O) groups excluding carboxylic acids is 1. The molecule has 1 aromatic heterocycles. The maximum atomic E-state index is 14.5. The number of hydrogen-bond donors (Lipinski definition) is 2. The van der Waals surface area contributed by atoms with Crippen LogP contribution < -0.4 is 4.74 Å². The van der Waals surface area contributed by atoms with Gasteiger partial charge in [-0.1, -0.05) is 37.3 Å². The maximum Gasteiger partial charge on any atom is 0.335 e. The minimum atomic E-state index is -0.980. The second kappa shape index (κ2) is 11.7. The lowest BCUT2D eigenvalue weighted by atomic mass is 9.99. The van der Waals surface area contributed by atoms with Crippen molar-refractivity contribution < 1.29 is 28.9 Å². The predicted octanol–water partition coefficient (Wildman–Crippen LogP) is 3.94. The highest BCUT2D eigenvalue weighted by Gasteiger charge is 2.34. The lowest BCUT2D eigenvalue weighted by Crippen LogP contribution is -2.49. The summed E-state index contributed by atoms with van der Waals surface area (Å²) in [6.07, 6.45) is 1.13. The van der Waals surface area contributed by atoms with Gasteiger partial charge < -0.3 is 19.8 Å². The molecule has 200 valence electrons. The molecular weight excluding hydrogens is 489 g/mol. The monoisotopic (exact) mass is 521 g/mol. The number of carbonyl (C=O) groups is 2. The third-order valence-corrected chi connectivity index (χ3v) is 6.82. The van der Waals surface area contributed by atoms with Crippen molar-refractivity contribution in [2.45, 2.75) is 32.5 Å². The summed E-state index contributed by atoms with van der Waals surface area (Å²) in [6, 6.07) is 14.2. The average Bonchev–Trinajstić information content (AvgIpc) is 2.90. The van der Waals surface area contributed by atoms with E-state index in [4.69, 9.17) is 4.74 Å². The zero-order valence-corrected chi connectivity index (χ0v) is 21.7. The fraction of sp³-hybridized carbons (Fsp3) is 0.345. The van der Waals surface area contributed by atoms with Gasteiger partial charge in [-0.25, -0.2) is 14.2 Å². The molecule has 38 heavy (non-hydrogen) atoms. The lowest BCUT2D eigenvalue weighted by Gasteiger charge is -2.37. The Kier molecular flexibility index (Phi) is 8.38. The molecule has 1 amide bonds. The van der Waals surface area contributed by atoms with Crippen LogP contribution in [0.1, 0.15) is 40.1 Å². The number of rotatable bonds is 8. The first kappa shape index (κ1) is 27.2. The van der Waals surface area contributed by atoms with Crippen LogP contribution in [0, 0.1) is 11.7 Å². The van der Waals surface area contributed by atoms with Crippen molar-refractivity contribution in [1.29, 1.82) is 0 Å². The second-order valence-electron chi connectivity index (χ2n) is 9.88. The van der Waals surface area contributed by atoms with E-state index in [1.165, 1.54) is 12.3 Å². The molecule has 1 aliphatic heterocycles. The van der Waals surface area contributed by atoms with E-state index < -0.39 is 17.8 Å². The molecule has 4 rings (SSSR count). The summed E-state index contributed by atoms with van der Waals surface area (Å²) in [4.78, 5) is 33.0. The number of pyridine rings is 1. The number of benzene rings is 2. The highest BCUT2D eigenvalue weighted by molar-refractivity contribution is 5.98. The lowest BCUT2D eigenvalue weighted by molar-refractivity contribution is 0.0325. The highest BCUT2D eigenvalue weighted by atomic mass is 19.1. The molecule has 0 saturated carbocycles. The van der Waals surface area contributed by atoms with Crippen LogP contribution in [0.3, 0.4) is 0 Å². The van der Waals surface area contributed by atoms with E-state index in [0.717, 1.165) is 5.56 Å². The SMILES string of the molecule is C[C@H]1CN([C@@H](C)CO)C(=O)c2cc(-c3ccccc3F)cnc2O[C@@H]1CN(C)Cc1cccc(C(=O)O)c1. The molecule has 0 saturated heterocycles. The fourth-order valence-electron chi connectivity index (χ4n) is 4.65. The number of fused-ring (bicyclic) bond motifs is 1. The Morgan fingerprint density at radius 2 is 1.97 bits per heavy atom. The molecule has 2 aromatic carbocycles. The van der Waals surface area contributed by atoms with Crippen LogP contribution in [-0.2, 0) is 6.54 Å². The number of amides is 1. The molecule has 3 atom stereocenters. The molecular formula is C29H32FN3O5. The van der Waals surface area contributed by atoms with E-state index in [2.05, 4.69) is 4.98 Å². The zero-order chi connectivity index (χ0) is 27.4. The molecule has 2 heterocycles. The first-order valence-electron chi connectivity index (χ1n) is 12.5. The Bertz CT molecular complexity index is 1320. The van der Waals surface area contributed by atoms with Crippen molar-refractivity contribution in [3.8, 4) is 17.0 Å². The molecule has 0 fully saturated rings. The van der Waals surface area contributed by atoms with Crippen molar-refractivity contribution in [2.24, 2.45) is 5.92 Å². The molecule has 0 unspecified atom stereocenters. The van der Waals surface area contributed by atoms with E-state index in [1.54, 1.807) is 54.3 Å². The van der Waals surface area contributed by atoms with E-state index in [-0.39, 0.29) is 41.5 Å². The molecule has 0 aliphatic carbocycles. The molecule has 0 bridgehead atoms. The molecule has 9 heteroatoms. The Balaban J connectivity index is 1.64. The number of aliphatic hydroxyl groups excluding tert-OH is 1. The molecule has 3 aromatic rings. The molecule has 0 spiro atoms. The van der Waals surface area contributed by atoms with Gasteiger partial charge in [0, 0.05) is 42.9 Å². The zero-order valence-electron chi connectivity index (χ0n) is 21.7. The summed E-state index contributed by atoms with van der Waals surface area (Å²) < 4.78 is 20.8. The van der Waals surface area contributed by atoms with Gasteiger partial charge in [0.1, 0.15) is 17.5 Å². The number of ether oxygens (including phenoxy) is 1. The van der Waals surface area contributed by atoms with E-state index in [0.29, 0.717) is 30.8 Å². The van der Waals surface area contributed by atoms with Gasteiger partial charge in [0.25, 0.3) is 5.91 Å². The van der Waals surface area contributed by atoms with Crippen LogP contribution in [0.5, 0.6) is 5.88 Å². The highest BCUT2D eigenvalue weighted by Crippen LogP contribution is 2.31. The maximum absolute atomic E-state index is 14.5. The van der Waals surface area contributed by atoms with Crippen molar-refractivity contribution in [1.82, 2.24) is 14.8 Å². The molecule has 2 N–H and O–H groups in total. The van der Waals surface area contributed by atoms with Crippen LogP contribution in [0.25, 0.3) is 11.1 Å². The topological polar surface area (TPSA) is 103 Å². The summed E-state index contributed by atoms with van der Waals surface area (Å²) in [5.74, 6) is -1.69. The van der Waals surface area contributed by atoms with Crippen LogP contribution in [0.4, 0.5) is 4.39 Å². The van der Waals surface area contributed by atoms with Gasteiger partial charge in [-0.05, 0) is 43.8 Å². The van der Waals surface area contributed by atoms with Gasteiger partial charge in [0.05, 0.1) is 18.2 Å². The van der Waals surface area contributed by atoms with Crippen molar-refractivity contribution in [2.75, 3.05) is 26.7 Å². The number of aromatic carboxylic acids is 1. The minimum Gasteiger partial charge on any atom is -0.478 e. The van der Waals surface area contributed by atoms with E-state index in [1.807, 2.05) is 24.9 Å². The average molecular weight is 522 g/mol. The Labute approximate surface area is 221 Å². The van der Waals surface area contributed by atoms with Crippen LogP contribution in [0.2, 0.25) is 0 Å². The number of carboxylic acid groups (broad SMARTS) is 1. The third-order valence-electron chi connectivity index (χ3n) is 6.82. The number of carboxylic acids is 1. The predicted molar refractivity (Wildman–Crippen MR) is 141 cm³/mol. The van der Waals surface area contributed by atoms with Gasteiger partial charge in [-0.2, -0.15) is 0 Å². The molecule has 0 radical (unpaired) electrons. The molecule has 8 nitrogen and oxygen atoms in total.